The Morgan fingerprint density at radius 3 is 1.49 bits per heavy atom. The molecule has 4 aromatic carbocycles. The van der Waals surface area contributed by atoms with Gasteiger partial charge in [0.15, 0.2) is 11.6 Å². The van der Waals surface area contributed by atoms with Gasteiger partial charge in [-0.15, -0.1) is 0 Å². The smallest absolute Gasteiger partial charge is 0.336 e. The molecule has 0 spiro atoms. The summed E-state index contributed by atoms with van der Waals surface area (Å²) in [5, 5.41) is 28.9. The molecule has 0 saturated heterocycles. The van der Waals surface area contributed by atoms with Gasteiger partial charge in [0.25, 0.3) is 5.91 Å². The number of rotatable bonds is 10. The van der Waals surface area contributed by atoms with Gasteiger partial charge in [-0.05, 0) is 43.4 Å². The molecule has 0 aliphatic rings. The number of ketones is 2. The number of likely N-dealkylation sites (N-methyl/N-ethyl adjacent to an activating group) is 2. The fourth-order valence-electron chi connectivity index (χ4n) is 3.84. The lowest BCUT2D eigenvalue weighted by atomic mass is 9.97. The number of aromatic carboxylic acids is 1. The molecule has 0 saturated carbocycles. The largest absolute Gasteiger partial charge is 0.478 e. The maximum absolute atomic E-state index is 12.6. The number of halogens is 2. The Hall–Kier alpha value is -4.00. The minimum atomic E-state index is -1.12. The van der Waals surface area contributed by atoms with E-state index in [4.69, 9.17) is 15.3 Å². The lowest BCUT2D eigenvalue weighted by molar-refractivity contribution is 0.0692. The fraction of sp³-hybridized carbons (Fsp3) is 0.176. The van der Waals surface area contributed by atoms with Crippen LogP contribution in [-0.2, 0) is 0 Å². The number of nitrogens with zero attached hydrogens (tertiary/aromatic N) is 1. The Kier molecular flexibility index (Phi) is 16.0. The van der Waals surface area contributed by atoms with Crippen molar-refractivity contribution in [1.82, 2.24) is 10.2 Å². The average molecular weight is 742 g/mol. The molecule has 0 unspecified atom stereocenters. The highest BCUT2D eigenvalue weighted by Crippen LogP contribution is 2.22. The fourth-order valence-corrected chi connectivity index (χ4v) is 4.56. The second-order valence-electron chi connectivity index (χ2n) is 9.35. The van der Waals surface area contributed by atoms with Crippen molar-refractivity contribution < 1.29 is 34.5 Å². The Morgan fingerprint density at radius 1 is 0.667 bits per heavy atom. The molecular formula is C34H34Br2N2O7. The highest BCUT2D eigenvalue weighted by molar-refractivity contribution is 9.10. The van der Waals surface area contributed by atoms with Crippen molar-refractivity contribution in [3.63, 3.8) is 0 Å². The summed E-state index contributed by atoms with van der Waals surface area (Å²) in [4.78, 5) is 49.8. The Balaban J connectivity index is 0.000000277. The van der Waals surface area contributed by atoms with Crippen LogP contribution in [0.15, 0.2) is 106 Å². The molecule has 45 heavy (non-hydrogen) atoms. The van der Waals surface area contributed by atoms with E-state index in [0.717, 1.165) is 4.47 Å². The first-order chi connectivity index (χ1) is 21.5. The predicted octanol–water partition coefficient (Wildman–Crippen LogP) is 5.32. The van der Waals surface area contributed by atoms with Crippen molar-refractivity contribution in [2.45, 2.75) is 0 Å². The second kappa shape index (κ2) is 19.4. The van der Waals surface area contributed by atoms with Gasteiger partial charge in [-0.1, -0.05) is 92.5 Å². The number of amides is 1. The van der Waals surface area contributed by atoms with Crippen LogP contribution in [0.5, 0.6) is 0 Å². The average Bonchev–Trinajstić information content (AvgIpc) is 3.05. The monoisotopic (exact) mass is 740 g/mol. The summed E-state index contributed by atoms with van der Waals surface area (Å²) in [5.41, 5.74) is 1.87. The molecule has 0 atom stereocenters. The van der Waals surface area contributed by atoms with Gasteiger partial charge in [0.1, 0.15) is 0 Å². The van der Waals surface area contributed by atoms with Crippen LogP contribution in [-0.4, -0.2) is 84.1 Å². The molecule has 4 N–H and O–H groups in total. The van der Waals surface area contributed by atoms with E-state index in [0.29, 0.717) is 33.3 Å². The number of aliphatic hydroxyl groups is 2. The number of nitrogens with one attached hydrogen (secondary N) is 1. The van der Waals surface area contributed by atoms with Gasteiger partial charge >= 0.3 is 5.97 Å². The van der Waals surface area contributed by atoms with Crippen LogP contribution in [0.2, 0.25) is 0 Å². The lowest BCUT2D eigenvalue weighted by Gasteiger charge is -2.18. The molecule has 0 bridgehead atoms. The molecule has 4 aromatic rings. The van der Waals surface area contributed by atoms with Gasteiger partial charge in [0, 0.05) is 51.3 Å². The molecule has 0 radical (unpaired) electrons. The topological polar surface area (TPSA) is 144 Å². The van der Waals surface area contributed by atoms with Gasteiger partial charge in [0.05, 0.1) is 24.3 Å². The number of aliphatic hydroxyl groups excluding tert-OH is 2. The number of carbonyl (C=O) groups is 4. The van der Waals surface area contributed by atoms with Crippen LogP contribution in [0.1, 0.15) is 52.6 Å². The number of hydrogen-bond donors (Lipinski definition) is 4. The van der Waals surface area contributed by atoms with E-state index in [1.807, 2.05) is 6.07 Å². The minimum Gasteiger partial charge on any atom is -0.478 e. The maximum Gasteiger partial charge on any atom is 0.336 e. The number of carboxylic acids is 1. The van der Waals surface area contributed by atoms with E-state index in [9.17, 15) is 19.2 Å². The zero-order valence-corrected chi connectivity index (χ0v) is 27.9. The highest BCUT2D eigenvalue weighted by atomic mass is 79.9. The Bertz CT molecular complexity index is 1580. The Morgan fingerprint density at radius 2 is 1.11 bits per heavy atom. The van der Waals surface area contributed by atoms with E-state index >= 15 is 0 Å². The maximum atomic E-state index is 12.6. The number of hydrogen-bond acceptors (Lipinski definition) is 7. The summed E-state index contributed by atoms with van der Waals surface area (Å²) in [7, 11) is 3.40. The van der Waals surface area contributed by atoms with Crippen LogP contribution in [0.3, 0.4) is 0 Å². The summed E-state index contributed by atoms with van der Waals surface area (Å²) in [6.45, 7) is 1.01. The molecule has 0 fully saturated rings. The first-order valence-corrected chi connectivity index (χ1v) is 15.3. The molecular weight excluding hydrogens is 708 g/mol. The van der Waals surface area contributed by atoms with Crippen LogP contribution >= 0.6 is 31.9 Å². The van der Waals surface area contributed by atoms with E-state index in [-0.39, 0.29) is 48.4 Å². The van der Waals surface area contributed by atoms with Crippen molar-refractivity contribution in [3.8, 4) is 0 Å². The van der Waals surface area contributed by atoms with Gasteiger partial charge < -0.3 is 25.5 Å². The minimum absolute atomic E-state index is 0.00164. The summed E-state index contributed by atoms with van der Waals surface area (Å²) >= 11 is 6.52. The molecule has 0 heterocycles. The van der Waals surface area contributed by atoms with Crippen molar-refractivity contribution in [2.24, 2.45) is 0 Å². The molecule has 4 rings (SSSR count). The lowest BCUT2D eigenvalue weighted by Crippen LogP contribution is -2.30. The van der Waals surface area contributed by atoms with Crippen LogP contribution in [0.25, 0.3) is 0 Å². The Labute approximate surface area is 278 Å². The van der Waals surface area contributed by atoms with Crippen LogP contribution in [0.4, 0.5) is 0 Å². The first-order valence-electron chi connectivity index (χ1n) is 13.7. The quantitative estimate of drug-likeness (QED) is 0.160. The molecule has 1 amide bonds. The van der Waals surface area contributed by atoms with Crippen LogP contribution < -0.4 is 5.32 Å². The molecule has 0 aromatic heterocycles. The van der Waals surface area contributed by atoms with E-state index in [2.05, 4.69) is 37.2 Å². The standard InChI is InChI=1S/C17H16BrNO3.C14H9BrO3.C3H9NO/c1-19(9-10-20)17(22)15-11-13(18)7-8-14(15)16(21)12-5-3-2-4-6-12;15-10-6-7-11(12(8-10)14(17)18)13(16)9-4-2-1-3-5-9;1-4-2-3-5/h2-8,11,20H,9-10H2,1H3;1-8H,(H,17,18);4-5H,2-3H2,1H3. The SMILES string of the molecule is CN(CCO)C(=O)c1cc(Br)ccc1C(=O)c1ccccc1.CNCCO.O=C(O)c1cc(Br)ccc1C(=O)c1ccccc1. The van der Waals surface area contributed by atoms with Gasteiger partial charge in [-0.2, -0.15) is 0 Å². The summed E-state index contributed by atoms with van der Waals surface area (Å²) < 4.78 is 1.35. The van der Waals surface area contributed by atoms with E-state index < -0.39 is 5.97 Å². The third kappa shape index (κ3) is 11.5. The zero-order chi connectivity index (χ0) is 33.4. The number of carbonyl (C=O) groups excluding carboxylic acids is 3. The zero-order valence-electron chi connectivity index (χ0n) is 24.7. The summed E-state index contributed by atoms with van der Waals surface area (Å²) in [5.74, 6) is -1.90. The van der Waals surface area contributed by atoms with Crippen molar-refractivity contribution >= 4 is 55.3 Å². The summed E-state index contributed by atoms with van der Waals surface area (Å²) in [6.07, 6.45) is 0. The molecule has 9 nitrogen and oxygen atoms in total. The molecule has 11 heteroatoms. The summed E-state index contributed by atoms with van der Waals surface area (Å²) in [6, 6.07) is 27.1. The third-order valence-electron chi connectivity index (χ3n) is 6.13. The second-order valence-corrected chi connectivity index (χ2v) is 11.2. The third-order valence-corrected chi connectivity index (χ3v) is 7.12. The van der Waals surface area contributed by atoms with Gasteiger partial charge in [-0.3, -0.25) is 14.4 Å². The molecule has 0 aliphatic carbocycles. The number of benzene rings is 4. The van der Waals surface area contributed by atoms with Crippen LogP contribution in [0, 0.1) is 0 Å². The van der Waals surface area contributed by atoms with Gasteiger partial charge in [-0.25, -0.2) is 4.79 Å². The molecule has 236 valence electrons. The highest BCUT2D eigenvalue weighted by Gasteiger charge is 2.21. The van der Waals surface area contributed by atoms with Crippen molar-refractivity contribution in [2.75, 3.05) is 40.4 Å². The van der Waals surface area contributed by atoms with Gasteiger partial charge in [0.2, 0.25) is 0 Å². The first kappa shape index (κ1) is 37.2. The van der Waals surface area contributed by atoms with Crippen molar-refractivity contribution in [3.05, 3.63) is 139 Å². The van der Waals surface area contributed by atoms with Crippen molar-refractivity contribution in [1.29, 1.82) is 0 Å². The van der Waals surface area contributed by atoms with E-state index in [1.165, 1.54) is 17.0 Å². The normalized spacial score (nSPS) is 10.0. The predicted molar refractivity (Wildman–Crippen MR) is 180 cm³/mol. The molecule has 0 aliphatic heterocycles. The number of carboxylic acid groups (broad SMARTS) is 1. The van der Waals surface area contributed by atoms with E-state index in [1.54, 1.807) is 93.0 Å².